The highest BCUT2D eigenvalue weighted by atomic mass is 35.5. The summed E-state index contributed by atoms with van der Waals surface area (Å²) in [6.07, 6.45) is 5.22. The molecule has 0 heterocycles. The van der Waals surface area contributed by atoms with E-state index < -0.39 is 11.7 Å². The van der Waals surface area contributed by atoms with Crippen LogP contribution in [-0.2, 0) is 4.79 Å². The Morgan fingerprint density at radius 1 is 1.12 bits per heavy atom. The summed E-state index contributed by atoms with van der Waals surface area (Å²) in [5.41, 5.74) is 0.0256. The molecule has 3 fully saturated rings. The summed E-state index contributed by atoms with van der Waals surface area (Å²) in [7, 11) is 0. The molecular formula is C20H29ClO3. The van der Waals surface area contributed by atoms with Crippen molar-refractivity contribution in [3.05, 3.63) is 10.6 Å². The molecule has 0 saturated heterocycles. The molecule has 0 unspecified atom stereocenters. The van der Waals surface area contributed by atoms with Gasteiger partial charge in [0.15, 0.2) is 5.78 Å². The van der Waals surface area contributed by atoms with Gasteiger partial charge in [0.25, 0.3) is 0 Å². The van der Waals surface area contributed by atoms with Crippen molar-refractivity contribution in [2.75, 3.05) is 0 Å². The molecule has 0 aromatic heterocycles. The first-order valence-electron chi connectivity index (χ1n) is 9.44. The average molecular weight is 353 g/mol. The minimum absolute atomic E-state index is 0.0709. The molecule has 3 nitrogen and oxygen atoms in total. The van der Waals surface area contributed by atoms with Gasteiger partial charge in [0.05, 0.1) is 16.7 Å². The number of rotatable bonds is 0. The maximum absolute atomic E-state index is 12.1. The number of carbonyl (C=O) groups excluding carboxylic acids is 1. The third kappa shape index (κ3) is 1.95. The quantitative estimate of drug-likeness (QED) is 0.697. The van der Waals surface area contributed by atoms with E-state index in [1.807, 2.05) is 6.92 Å². The molecular weight excluding hydrogens is 324 g/mol. The first kappa shape index (κ1) is 17.1. The number of aliphatic hydroxyl groups excluding tert-OH is 1. The zero-order valence-electron chi connectivity index (χ0n) is 14.9. The number of carbonyl (C=O) groups is 1. The second-order valence-electron chi connectivity index (χ2n) is 9.47. The van der Waals surface area contributed by atoms with Crippen molar-refractivity contribution >= 4 is 17.4 Å². The highest BCUT2D eigenvalue weighted by molar-refractivity contribution is 6.43. The Kier molecular flexibility index (Phi) is 3.61. The van der Waals surface area contributed by atoms with E-state index >= 15 is 0 Å². The summed E-state index contributed by atoms with van der Waals surface area (Å²) < 4.78 is 0. The lowest BCUT2D eigenvalue weighted by atomic mass is 9.45. The summed E-state index contributed by atoms with van der Waals surface area (Å²) in [5.74, 6) is 1.10. The number of hydrogen-bond acceptors (Lipinski definition) is 3. The third-order valence-electron chi connectivity index (χ3n) is 8.55. The lowest BCUT2D eigenvalue weighted by molar-refractivity contribution is -0.166. The second kappa shape index (κ2) is 5.08. The van der Waals surface area contributed by atoms with Gasteiger partial charge in [-0.1, -0.05) is 25.4 Å². The number of halogens is 1. The molecule has 4 aliphatic carbocycles. The van der Waals surface area contributed by atoms with E-state index in [4.69, 9.17) is 11.6 Å². The first-order valence-corrected chi connectivity index (χ1v) is 9.82. The van der Waals surface area contributed by atoms with Crippen molar-refractivity contribution in [2.24, 2.45) is 28.6 Å². The highest BCUT2D eigenvalue weighted by Gasteiger charge is 2.65. The SMILES string of the molecule is C[C@]12CCC(=O)C(Cl)=C1CC[C@@H]1[C@@H]2[C@@H](O)C[C@@]2(C)[C@H]1CC[C@]2(C)O. The van der Waals surface area contributed by atoms with E-state index in [0.717, 1.165) is 37.7 Å². The fourth-order valence-corrected chi connectivity index (χ4v) is 7.40. The highest BCUT2D eigenvalue weighted by Crippen LogP contribution is 2.67. The molecule has 24 heavy (non-hydrogen) atoms. The maximum atomic E-state index is 12.1. The van der Waals surface area contributed by atoms with Crippen molar-refractivity contribution < 1.29 is 15.0 Å². The van der Waals surface area contributed by atoms with Gasteiger partial charge in [0, 0.05) is 11.8 Å². The van der Waals surface area contributed by atoms with Gasteiger partial charge < -0.3 is 10.2 Å². The Morgan fingerprint density at radius 2 is 1.83 bits per heavy atom. The number of fused-ring (bicyclic) bond motifs is 5. The van der Waals surface area contributed by atoms with Crippen LogP contribution in [0.1, 0.15) is 65.7 Å². The van der Waals surface area contributed by atoms with E-state index in [9.17, 15) is 15.0 Å². The fraction of sp³-hybridized carbons (Fsp3) is 0.850. The summed E-state index contributed by atoms with van der Waals surface area (Å²) in [5, 5.41) is 22.5. The van der Waals surface area contributed by atoms with Crippen LogP contribution < -0.4 is 0 Å². The Morgan fingerprint density at radius 3 is 2.54 bits per heavy atom. The molecule has 3 saturated carbocycles. The summed E-state index contributed by atoms with van der Waals surface area (Å²) in [4.78, 5) is 12.1. The summed E-state index contributed by atoms with van der Waals surface area (Å²) in [6.45, 7) is 6.34. The van der Waals surface area contributed by atoms with Gasteiger partial charge in [-0.15, -0.1) is 0 Å². The molecule has 0 aliphatic heterocycles. The topological polar surface area (TPSA) is 57.5 Å². The van der Waals surface area contributed by atoms with Crippen molar-refractivity contribution in [1.29, 1.82) is 0 Å². The Hall–Kier alpha value is -0.380. The van der Waals surface area contributed by atoms with Crippen LogP contribution in [0.3, 0.4) is 0 Å². The van der Waals surface area contributed by atoms with Gasteiger partial charge >= 0.3 is 0 Å². The first-order chi connectivity index (χ1) is 11.1. The number of aliphatic hydroxyl groups is 2. The van der Waals surface area contributed by atoms with Crippen molar-refractivity contribution in [1.82, 2.24) is 0 Å². The predicted molar refractivity (Wildman–Crippen MR) is 93.5 cm³/mol. The van der Waals surface area contributed by atoms with Gasteiger partial charge in [0.2, 0.25) is 0 Å². The van der Waals surface area contributed by atoms with Crippen LogP contribution in [0, 0.1) is 28.6 Å². The van der Waals surface area contributed by atoms with E-state index in [1.165, 1.54) is 0 Å². The Balaban J connectivity index is 1.77. The van der Waals surface area contributed by atoms with E-state index in [1.54, 1.807) is 0 Å². The largest absolute Gasteiger partial charge is 0.393 e. The van der Waals surface area contributed by atoms with Crippen LogP contribution in [0.5, 0.6) is 0 Å². The normalized spacial score (nSPS) is 54.3. The lowest BCUT2D eigenvalue weighted by Gasteiger charge is -2.60. The lowest BCUT2D eigenvalue weighted by Crippen LogP contribution is -2.59. The molecule has 134 valence electrons. The van der Waals surface area contributed by atoms with Crippen LogP contribution >= 0.6 is 11.6 Å². The predicted octanol–water partition coefficient (Wildman–Crippen LogP) is 3.81. The van der Waals surface area contributed by atoms with E-state index in [-0.39, 0.29) is 22.5 Å². The molecule has 4 heteroatoms. The molecule has 4 aliphatic rings. The van der Waals surface area contributed by atoms with Crippen LogP contribution in [0.15, 0.2) is 10.6 Å². The number of allylic oxidation sites excluding steroid dienone is 1. The van der Waals surface area contributed by atoms with Gasteiger partial charge in [0.1, 0.15) is 0 Å². The smallest absolute Gasteiger partial charge is 0.174 e. The number of Topliss-reactive ketones (excluding diaryl/α,β-unsaturated/α-hetero) is 1. The summed E-state index contributed by atoms with van der Waals surface area (Å²) >= 11 is 6.40. The van der Waals surface area contributed by atoms with Crippen LogP contribution in [-0.4, -0.2) is 27.7 Å². The second-order valence-corrected chi connectivity index (χ2v) is 9.85. The minimum Gasteiger partial charge on any atom is -0.393 e. The zero-order chi connectivity index (χ0) is 17.5. The molecule has 0 aromatic carbocycles. The van der Waals surface area contributed by atoms with E-state index in [2.05, 4.69) is 13.8 Å². The maximum Gasteiger partial charge on any atom is 0.174 e. The molecule has 2 N–H and O–H groups in total. The summed E-state index contributed by atoms with van der Waals surface area (Å²) in [6, 6.07) is 0. The Bertz CT molecular complexity index is 624. The van der Waals surface area contributed by atoms with Crippen molar-refractivity contribution in [2.45, 2.75) is 77.4 Å². The molecule has 0 bridgehead atoms. The molecule has 0 radical (unpaired) electrons. The average Bonchev–Trinajstić information content (AvgIpc) is 2.73. The standard InChI is InChI=1S/C20H29ClO3/c1-18-8-7-14(22)17(21)13(18)5-4-11-12-6-9-20(3,24)19(12,2)10-15(23)16(11)18/h11-12,15-16,23-24H,4-10H2,1-3H3/t11-,12-,15-,16+,18-,19-,20-/m0/s1. The van der Waals surface area contributed by atoms with Gasteiger partial charge in [-0.25, -0.2) is 0 Å². The fourth-order valence-electron chi connectivity index (χ4n) is 7.00. The Labute approximate surface area is 149 Å². The molecule has 0 spiro atoms. The van der Waals surface area contributed by atoms with Crippen LogP contribution in [0.25, 0.3) is 0 Å². The van der Waals surface area contributed by atoms with Crippen LogP contribution in [0.2, 0.25) is 0 Å². The molecule has 0 aromatic rings. The molecule has 7 atom stereocenters. The van der Waals surface area contributed by atoms with Gasteiger partial charge in [-0.2, -0.15) is 0 Å². The van der Waals surface area contributed by atoms with Gasteiger partial charge in [-0.05, 0) is 74.2 Å². The number of hydrogen-bond donors (Lipinski definition) is 2. The van der Waals surface area contributed by atoms with Crippen molar-refractivity contribution in [3.8, 4) is 0 Å². The number of ketones is 1. The third-order valence-corrected chi connectivity index (χ3v) is 8.99. The van der Waals surface area contributed by atoms with E-state index in [0.29, 0.717) is 29.7 Å². The van der Waals surface area contributed by atoms with Crippen LogP contribution in [0.4, 0.5) is 0 Å². The van der Waals surface area contributed by atoms with Gasteiger partial charge in [-0.3, -0.25) is 4.79 Å². The monoisotopic (exact) mass is 352 g/mol. The van der Waals surface area contributed by atoms with Crippen molar-refractivity contribution in [3.63, 3.8) is 0 Å². The zero-order valence-corrected chi connectivity index (χ0v) is 15.7. The molecule has 4 rings (SSSR count). The molecule has 0 amide bonds. The minimum atomic E-state index is -0.694.